The molecule has 0 spiro atoms. The van der Waals surface area contributed by atoms with Gasteiger partial charge in [-0.25, -0.2) is 50.7 Å². The largest absolute Gasteiger partial charge is 0.454 e. The summed E-state index contributed by atoms with van der Waals surface area (Å²) >= 11 is 11.2. The smallest absolute Gasteiger partial charge is 0.255 e. The minimum Gasteiger partial charge on any atom is -0.454 e. The highest BCUT2D eigenvalue weighted by Gasteiger charge is 2.25. The average Bonchev–Trinajstić information content (AvgIpc) is 1.61. The van der Waals surface area contributed by atoms with E-state index in [1.54, 1.807) is 78.3 Å². The van der Waals surface area contributed by atoms with Crippen molar-refractivity contribution >= 4 is 91.1 Å². The molecular weight excluding hydrogens is 1460 g/mol. The van der Waals surface area contributed by atoms with Crippen molar-refractivity contribution in [2.45, 2.75) is 6.92 Å². The predicted octanol–water partition coefficient (Wildman–Crippen LogP) is 19.3. The lowest BCUT2D eigenvalue weighted by Crippen LogP contribution is -2.14. The van der Waals surface area contributed by atoms with Crippen LogP contribution in [-0.4, -0.2) is 67.1 Å². The Bertz CT molecular complexity index is 6010. The normalized spacial score (nSPS) is 10.9. The zero-order chi connectivity index (χ0) is 75.9. The van der Waals surface area contributed by atoms with Gasteiger partial charge in [0.2, 0.25) is 23.2 Å². The Kier molecular flexibility index (Phi) is 21.3. The number of amides is 3. The van der Waals surface area contributed by atoms with E-state index in [4.69, 9.17) is 37.4 Å². The number of aryl methyl sites for hydroxylation is 1. The first-order valence-electron chi connectivity index (χ1n) is 31.4. The van der Waals surface area contributed by atoms with E-state index in [0.717, 1.165) is 65.4 Å². The minimum absolute atomic E-state index is 0.0230. The van der Waals surface area contributed by atoms with Crippen LogP contribution in [0.1, 0.15) is 36.8 Å². The fourth-order valence-electron chi connectivity index (χ4n) is 10.1. The second-order valence-electron chi connectivity index (χ2n) is 22.9. The van der Waals surface area contributed by atoms with Gasteiger partial charge in [-0.15, -0.1) is 0 Å². The summed E-state index contributed by atoms with van der Waals surface area (Å²) in [5.74, 6) is -15.4. The molecule has 6 heterocycles. The quantitative estimate of drug-likeness (QED) is 0.0639. The van der Waals surface area contributed by atoms with E-state index in [9.17, 15) is 53.9 Å². The molecule has 3 amide bonds. The second-order valence-corrected chi connectivity index (χ2v) is 23.7. The second kappa shape index (κ2) is 31.7. The van der Waals surface area contributed by atoms with Crippen LogP contribution in [-0.2, 0) is 0 Å². The summed E-state index contributed by atoms with van der Waals surface area (Å²) in [6, 6.07) is 36.9. The highest BCUT2D eigenvalue weighted by atomic mass is 35.5. The number of imidazole rings is 1. The Morgan fingerprint density at radius 2 is 0.926 bits per heavy atom. The van der Waals surface area contributed by atoms with E-state index < -0.39 is 98.8 Å². The maximum Gasteiger partial charge on any atom is 0.255 e. The van der Waals surface area contributed by atoms with Crippen molar-refractivity contribution in [1.82, 2.24) is 49.4 Å². The predicted molar refractivity (Wildman–Crippen MR) is 379 cm³/mol. The number of carbonyl (C=O) groups is 3. The summed E-state index contributed by atoms with van der Waals surface area (Å²) in [5.41, 5.74) is 5.32. The van der Waals surface area contributed by atoms with Crippen molar-refractivity contribution in [3.05, 3.63) is 316 Å². The Morgan fingerprint density at radius 1 is 0.407 bits per heavy atom. The van der Waals surface area contributed by atoms with Crippen molar-refractivity contribution in [2.75, 3.05) is 16.0 Å². The molecule has 0 bridgehead atoms. The van der Waals surface area contributed by atoms with Gasteiger partial charge in [0.25, 0.3) is 17.7 Å². The molecule has 0 atom stereocenters. The van der Waals surface area contributed by atoms with Crippen LogP contribution in [0.2, 0.25) is 10.0 Å². The number of nitrogens with zero attached hydrogens (tertiary/aromatic N) is 10. The first kappa shape index (κ1) is 72.5. The molecule has 15 aromatic rings. The van der Waals surface area contributed by atoms with Crippen molar-refractivity contribution < 1.29 is 72.5 Å². The molecule has 6 aromatic heterocycles. The average molecular weight is 1510 g/mol. The van der Waals surface area contributed by atoms with E-state index in [1.165, 1.54) is 79.3 Å². The number of halogens is 12. The molecule has 15 rings (SSSR count). The molecule has 31 heteroatoms. The molecule has 3 N–H and O–H groups in total. The molecule has 0 radical (unpaired) electrons. The van der Waals surface area contributed by atoms with Gasteiger partial charge >= 0.3 is 0 Å². The van der Waals surface area contributed by atoms with Crippen LogP contribution >= 0.6 is 23.2 Å². The van der Waals surface area contributed by atoms with Gasteiger partial charge in [-0.1, -0.05) is 29.3 Å². The molecule has 0 unspecified atom stereocenters. The zero-order valence-electron chi connectivity index (χ0n) is 54.8. The van der Waals surface area contributed by atoms with E-state index in [2.05, 4.69) is 60.8 Å². The fraction of sp³-hybridized carbons (Fsp3) is 0.0130. The van der Waals surface area contributed by atoms with Gasteiger partial charge in [0.05, 0.1) is 78.8 Å². The Hall–Kier alpha value is -13.8. The lowest BCUT2D eigenvalue weighted by Gasteiger charge is -2.13. The molecule has 0 saturated carbocycles. The summed E-state index contributed by atoms with van der Waals surface area (Å²) in [7, 11) is 0. The number of pyridine rings is 2. The Labute approximate surface area is 612 Å². The van der Waals surface area contributed by atoms with Crippen LogP contribution in [0.15, 0.2) is 226 Å². The maximum atomic E-state index is 15.1. The van der Waals surface area contributed by atoms with Crippen LogP contribution in [0.5, 0.6) is 34.5 Å². The number of hydrogen-bond donors (Lipinski definition) is 3. The molecule has 536 valence electrons. The van der Waals surface area contributed by atoms with Crippen LogP contribution in [0, 0.1) is 65.1 Å². The molecule has 0 aliphatic carbocycles. The maximum absolute atomic E-state index is 15.1. The van der Waals surface area contributed by atoms with Crippen molar-refractivity contribution in [3.63, 3.8) is 0 Å². The number of nitrogens with one attached hydrogen (secondary N) is 3. The molecule has 9 aromatic carbocycles. The fourth-order valence-corrected chi connectivity index (χ4v) is 10.4. The zero-order valence-corrected chi connectivity index (χ0v) is 56.3. The first-order chi connectivity index (χ1) is 52.0. The molecule has 0 aliphatic heterocycles. The molecule has 0 saturated heterocycles. The molecule has 108 heavy (non-hydrogen) atoms. The third kappa shape index (κ3) is 16.9. The van der Waals surface area contributed by atoms with Crippen LogP contribution < -0.4 is 30.2 Å². The topological polar surface area (TPSA) is 236 Å². The minimum atomic E-state index is -1.61. The van der Waals surface area contributed by atoms with Gasteiger partial charge in [0.15, 0.2) is 40.6 Å². The standard InChI is InChI=1S/C27H17F3N4O2.C26H14ClF3N4O2.C24H12ClF4N5O2/c1-15-5-6-17(13-31-15)24-14-32-22-8-7-20(12-23(22)34-24)36-25-11-19(10-21(29)26(25)30)33-27(35)16-3-2-4-18(28)9-16;27-18-5-3-14(8-19(18)28)26(35)33-16-9-20(29)25(30)24(10-16)36-17-4-6-21-22(11-17)34-23(13-32-21)15-2-1-7-31-12-15;25-14-3-1-12(7-15(14)26)24(35)33-19-9-16(27)21(28)23(22(19)29)36-13-2-4-17-18(8-13)32-20(10-31-17)34-6-5-30-11-34/h2-14H,1H3,(H,33,35);1-13H,(H,33,35);1-11H,(H,33,35). The number of carbonyl (C=O) groups excluding carboxylic acids is 3. The van der Waals surface area contributed by atoms with Gasteiger partial charge in [-0.05, 0) is 122 Å². The highest BCUT2D eigenvalue weighted by molar-refractivity contribution is 6.31. The molecular formula is C77H43Cl2F10N13O6. The Morgan fingerprint density at radius 3 is 1.44 bits per heavy atom. The Balaban J connectivity index is 0.000000143. The van der Waals surface area contributed by atoms with Gasteiger partial charge < -0.3 is 30.2 Å². The number of hydrogen-bond acceptors (Lipinski definition) is 15. The van der Waals surface area contributed by atoms with Gasteiger partial charge in [-0.2, -0.15) is 13.2 Å². The number of anilines is 3. The van der Waals surface area contributed by atoms with Gasteiger partial charge in [0, 0.05) is 124 Å². The SMILES string of the molecule is Cc1ccc(-c2cnc3ccc(Oc4cc(NC(=O)c5cccc(F)c5)cc(F)c4F)cc3n2)cn1.O=C(Nc1cc(F)c(F)c(Oc2ccc3ncc(-c4cccnc4)nc3c2)c1)c1ccc(Cl)c(F)c1.O=C(Nc1cc(F)c(F)c(Oc2ccc3ncc(-n4ccnc4)nc3c2)c1F)c1ccc(Cl)c(F)c1. The van der Waals surface area contributed by atoms with E-state index in [1.807, 2.05) is 25.1 Å². The summed E-state index contributed by atoms with van der Waals surface area (Å²) in [4.78, 5) is 76.0. The number of benzene rings is 9. The molecule has 0 fully saturated rings. The summed E-state index contributed by atoms with van der Waals surface area (Å²) in [6.45, 7) is 1.88. The van der Waals surface area contributed by atoms with Crippen molar-refractivity contribution in [1.29, 1.82) is 0 Å². The summed E-state index contributed by atoms with van der Waals surface area (Å²) in [6.07, 6.45) is 14.4. The highest BCUT2D eigenvalue weighted by Crippen LogP contribution is 2.38. The van der Waals surface area contributed by atoms with E-state index >= 15 is 4.39 Å². The van der Waals surface area contributed by atoms with E-state index in [-0.39, 0.29) is 55.4 Å². The molecule has 19 nitrogen and oxygen atoms in total. The van der Waals surface area contributed by atoms with Crippen molar-refractivity contribution in [2.24, 2.45) is 0 Å². The summed E-state index contributed by atoms with van der Waals surface area (Å²) < 4.78 is 160. The summed E-state index contributed by atoms with van der Waals surface area (Å²) in [5, 5.41) is 6.51. The van der Waals surface area contributed by atoms with Crippen LogP contribution in [0.3, 0.4) is 0 Å². The van der Waals surface area contributed by atoms with Crippen molar-refractivity contribution in [3.8, 4) is 62.8 Å². The van der Waals surface area contributed by atoms with Gasteiger partial charge in [-0.3, -0.25) is 43.9 Å². The van der Waals surface area contributed by atoms with Gasteiger partial charge in [0.1, 0.15) is 41.0 Å². The molecule has 0 aliphatic rings. The van der Waals surface area contributed by atoms with Crippen LogP contribution in [0.4, 0.5) is 61.0 Å². The number of ether oxygens (including phenoxy) is 3. The van der Waals surface area contributed by atoms with E-state index in [0.29, 0.717) is 56.4 Å². The number of aromatic nitrogens is 10. The monoisotopic (exact) mass is 1510 g/mol. The van der Waals surface area contributed by atoms with Crippen LogP contribution in [0.25, 0.3) is 61.4 Å². The lowest BCUT2D eigenvalue weighted by molar-refractivity contribution is 0.101. The number of rotatable bonds is 15. The number of fused-ring (bicyclic) bond motifs is 3. The third-order valence-corrected chi connectivity index (χ3v) is 16.1. The third-order valence-electron chi connectivity index (χ3n) is 15.5. The lowest BCUT2D eigenvalue weighted by atomic mass is 10.2. The first-order valence-corrected chi connectivity index (χ1v) is 32.2.